The van der Waals surface area contributed by atoms with Gasteiger partial charge in [-0.3, -0.25) is 4.99 Å². The first-order valence-corrected chi connectivity index (χ1v) is 9.13. The van der Waals surface area contributed by atoms with Crippen LogP contribution in [0.15, 0.2) is 4.99 Å². The monoisotopic (exact) mass is 465 g/mol. The first kappa shape index (κ1) is 25.1. The standard InChI is InChI=1S/C14H31N3O4S.HI/c1-14(2,3)22(18,19)12-8-17-13(15-4)16-7-6-9-21-11-10-20-5;/h6-12H2,1-5H3,(H2,15,16,17);1H. The average Bonchev–Trinajstić information content (AvgIpc) is 2.43. The van der Waals surface area contributed by atoms with Crippen LogP contribution in [0, 0.1) is 0 Å². The molecule has 0 saturated heterocycles. The molecule has 0 rings (SSSR count). The molecule has 0 spiro atoms. The highest BCUT2D eigenvalue weighted by Crippen LogP contribution is 2.15. The Balaban J connectivity index is 0. The molecule has 0 heterocycles. The van der Waals surface area contributed by atoms with E-state index in [4.69, 9.17) is 9.47 Å². The molecular formula is C14H32IN3O4S. The Morgan fingerprint density at radius 1 is 1.09 bits per heavy atom. The quantitative estimate of drug-likeness (QED) is 0.217. The number of halogens is 1. The third kappa shape index (κ3) is 12.0. The predicted octanol–water partition coefficient (Wildman–Crippen LogP) is 1.04. The lowest BCUT2D eigenvalue weighted by Crippen LogP contribution is -2.42. The molecule has 0 aliphatic heterocycles. The van der Waals surface area contributed by atoms with Crippen LogP contribution in [0.25, 0.3) is 0 Å². The highest BCUT2D eigenvalue weighted by Gasteiger charge is 2.28. The van der Waals surface area contributed by atoms with Gasteiger partial charge in [0.05, 0.1) is 23.7 Å². The molecule has 9 heteroatoms. The summed E-state index contributed by atoms with van der Waals surface area (Å²) >= 11 is 0. The molecule has 0 bridgehead atoms. The van der Waals surface area contributed by atoms with Crippen LogP contribution < -0.4 is 10.6 Å². The van der Waals surface area contributed by atoms with Gasteiger partial charge in [-0.25, -0.2) is 8.42 Å². The second-order valence-corrected chi connectivity index (χ2v) is 8.68. The fourth-order valence-electron chi connectivity index (χ4n) is 1.46. The number of guanidine groups is 1. The summed E-state index contributed by atoms with van der Waals surface area (Å²) in [5, 5.41) is 6.13. The third-order valence-corrected chi connectivity index (χ3v) is 5.62. The van der Waals surface area contributed by atoms with Crippen LogP contribution >= 0.6 is 24.0 Å². The van der Waals surface area contributed by atoms with Crippen molar-refractivity contribution in [2.45, 2.75) is 31.9 Å². The number of nitrogens with zero attached hydrogens (tertiary/aromatic N) is 1. The molecule has 0 aliphatic rings. The van der Waals surface area contributed by atoms with Crippen molar-refractivity contribution in [3.63, 3.8) is 0 Å². The van der Waals surface area contributed by atoms with E-state index in [1.165, 1.54) is 0 Å². The summed E-state index contributed by atoms with van der Waals surface area (Å²) in [5.41, 5.74) is 0. The van der Waals surface area contributed by atoms with Gasteiger partial charge in [0.2, 0.25) is 0 Å². The van der Waals surface area contributed by atoms with E-state index >= 15 is 0 Å². The van der Waals surface area contributed by atoms with Crippen molar-refractivity contribution in [1.29, 1.82) is 0 Å². The van der Waals surface area contributed by atoms with Crippen LogP contribution in [-0.2, 0) is 19.3 Å². The molecule has 23 heavy (non-hydrogen) atoms. The van der Waals surface area contributed by atoms with E-state index in [1.807, 2.05) is 0 Å². The Labute approximate surface area is 157 Å². The molecule has 0 radical (unpaired) electrons. The minimum absolute atomic E-state index is 0. The molecule has 0 unspecified atom stereocenters. The fourth-order valence-corrected chi connectivity index (χ4v) is 2.44. The van der Waals surface area contributed by atoms with Gasteiger partial charge in [-0.05, 0) is 27.2 Å². The molecule has 0 saturated carbocycles. The summed E-state index contributed by atoms with van der Waals surface area (Å²) in [4.78, 5) is 4.06. The van der Waals surface area contributed by atoms with Crippen LogP contribution in [-0.4, -0.2) is 71.9 Å². The third-order valence-electron chi connectivity index (χ3n) is 3.01. The van der Waals surface area contributed by atoms with Crippen LogP contribution in [0.1, 0.15) is 27.2 Å². The van der Waals surface area contributed by atoms with Crippen molar-refractivity contribution < 1.29 is 17.9 Å². The predicted molar refractivity (Wildman–Crippen MR) is 106 cm³/mol. The van der Waals surface area contributed by atoms with Crippen LogP contribution in [0.4, 0.5) is 0 Å². The number of ether oxygens (including phenoxy) is 2. The van der Waals surface area contributed by atoms with Crippen LogP contribution in [0.5, 0.6) is 0 Å². The van der Waals surface area contributed by atoms with Gasteiger partial charge >= 0.3 is 0 Å². The maximum Gasteiger partial charge on any atom is 0.191 e. The molecule has 0 atom stereocenters. The molecule has 0 aromatic heterocycles. The smallest absolute Gasteiger partial charge is 0.191 e. The Morgan fingerprint density at radius 2 is 1.70 bits per heavy atom. The van der Waals surface area contributed by atoms with E-state index in [2.05, 4.69) is 15.6 Å². The maximum absolute atomic E-state index is 12.0. The van der Waals surface area contributed by atoms with Gasteiger partial charge in [0.15, 0.2) is 15.8 Å². The Morgan fingerprint density at radius 3 is 2.22 bits per heavy atom. The zero-order chi connectivity index (χ0) is 17.1. The number of hydrogen-bond donors (Lipinski definition) is 2. The minimum Gasteiger partial charge on any atom is -0.382 e. The number of methoxy groups -OCH3 is 1. The van der Waals surface area contributed by atoms with Crippen molar-refractivity contribution in [2.75, 3.05) is 52.8 Å². The van der Waals surface area contributed by atoms with Crippen molar-refractivity contribution in [3.05, 3.63) is 0 Å². The Bertz CT molecular complexity index is 422. The van der Waals surface area contributed by atoms with Gasteiger partial charge in [-0.1, -0.05) is 0 Å². The topological polar surface area (TPSA) is 89.0 Å². The second-order valence-electron chi connectivity index (χ2n) is 5.82. The second kappa shape index (κ2) is 13.2. The molecule has 2 N–H and O–H groups in total. The van der Waals surface area contributed by atoms with Gasteiger partial charge in [-0.15, -0.1) is 24.0 Å². The summed E-state index contributed by atoms with van der Waals surface area (Å²) in [6, 6.07) is 0. The maximum atomic E-state index is 12.0. The fraction of sp³-hybridized carbons (Fsp3) is 0.929. The van der Waals surface area contributed by atoms with Crippen molar-refractivity contribution in [2.24, 2.45) is 4.99 Å². The molecule has 0 aromatic rings. The van der Waals surface area contributed by atoms with E-state index in [-0.39, 0.29) is 29.7 Å². The first-order chi connectivity index (χ1) is 10.2. The number of nitrogens with one attached hydrogen (secondary N) is 2. The van der Waals surface area contributed by atoms with Gasteiger partial charge in [-0.2, -0.15) is 0 Å². The number of sulfone groups is 1. The summed E-state index contributed by atoms with van der Waals surface area (Å²) in [6.45, 7) is 8.00. The molecule has 140 valence electrons. The highest BCUT2D eigenvalue weighted by atomic mass is 127. The minimum atomic E-state index is -3.12. The number of aliphatic imine (C=N–C) groups is 1. The van der Waals surface area contributed by atoms with Crippen molar-refractivity contribution >= 4 is 39.8 Å². The van der Waals surface area contributed by atoms with Gasteiger partial charge in [0, 0.05) is 33.9 Å². The lowest BCUT2D eigenvalue weighted by Gasteiger charge is -2.19. The summed E-state index contributed by atoms with van der Waals surface area (Å²) in [6.07, 6.45) is 0.838. The average molecular weight is 465 g/mol. The highest BCUT2D eigenvalue weighted by molar-refractivity contribution is 14.0. The SMILES string of the molecule is CN=C(NCCCOCCOC)NCCS(=O)(=O)C(C)(C)C.I. The number of hydrogen-bond acceptors (Lipinski definition) is 5. The lowest BCUT2D eigenvalue weighted by atomic mass is 10.3. The van der Waals surface area contributed by atoms with E-state index in [9.17, 15) is 8.42 Å². The molecule has 0 aromatic carbocycles. The Kier molecular flexibility index (Phi) is 14.4. The van der Waals surface area contributed by atoms with Crippen LogP contribution in [0.3, 0.4) is 0 Å². The summed E-state index contributed by atoms with van der Waals surface area (Å²) < 4.78 is 33.5. The normalized spacial score (nSPS) is 12.7. The van der Waals surface area contributed by atoms with E-state index in [1.54, 1.807) is 34.9 Å². The molecule has 0 fully saturated rings. The molecule has 0 aliphatic carbocycles. The summed E-state index contributed by atoms with van der Waals surface area (Å²) in [7, 11) is 0.178. The number of rotatable bonds is 10. The first-order valence-electron chi connectivity index (χ1n) is 7.48. The largest absolute Gasteiger partial charge is 0.382 e. The van der Waals surface area contributed by atoms with Gasteiger partial charge in [0.25, 0.3) is 0 Å². The molecule has 0 amide bonds. The summed E-state index contributed by atoms with van der Waals surface area (Å²) in [5.74, 6) is 0.679. The lowest BCUT2D eigenvalue weighted by molar-refractivity contribution is 0.0698. The van der Waals surface area contributed by atoms with Crippen LogP contribution in [0.2, 0.25) is 0 Å². The van der Waals surface area contributed by atoms with E-state index in [0.717, 1.165) is 6.42 Å². The Hall–Kier alpha value is -0.130. The van der Waals surface area contributed by atoms with E-state index in [0.29, 0.717) is 38.9 Å². The van der Waals surface area contributed by atoms with Gasteiger partial charge < -0.3 is 20.1 Å². The molecular weight excluding hydrogens is 433 g/mol. The van der Waals surface area contributed by atoms with E-state index < -0.39 is 14.6 Å². The molecule has 7 nitrogen and oxygen atoms in total. The zero-order valence-electron chi connectivity index (χ0n) is 14.8. The van der Waals surface area contributed by atoms with Gasteiger partial charge in [0.1, 0.15) is 0 Å². The van der Waals surface area contributed by atoms with Crippen molar-refractivity contribution in [3.8, 4) is 0 Å². The zero-order valence-corrected chi connectivity index (χ0v) is 18.0. The van der Waals surface area contributed by atoms with Crippen molar-refractivity contribution in [1.82, 2.24) is 10.6 Å².